The Balaban J connectivity index is 1.91. The van der Waals surface area contributed by atoms with Gasteiger partial charge in [-0.2, -0.15) is 4.98 Å². The average molecular weight is 237 g/mol. The minimum absolute atomic E-state index is 0.395. The highest BCUT2D eigenvalue weighted by molar-refractivity contribution is 5.47. The first-order chi connectivity index (χ1) is 8.22. The molecule has 0 bridgehead atoms. The van der Waals surface area contributed by atoms with Gasteiger partial charge in [0.1, 0.15) is 5.82 Å². The highest BCUT2D eigenvalue weighted by Crippen LogP contribution is 2.27. The lowest BCUT2D eigenvalue weighted by molar-refractivity contribution is 0.00291. The van der Waals surface area contributed by atoms with Crippen LogP contribution in [0.15, 0.2) is 6.20 Å². The zero-order chi connectivity index (χ0) is 12.3. The average Bonchev–Trinajstić information content (AvgIpc) is 2.29. The van der Waals surface area contributed by atoms with Crippen LogP contribution in [0.5, 0.6) is 0 Å². The molecule has 1 saturated carbocycles. The minimum atomic E-state index is 0.395. The molecule has 1 fully saturated rings. The molecule has 0 atom stereocenters. The van der Waals surface area contributed by atoms with E-state index in [2.05, 4.69) is 20.7 Å². The molecule has 4 N–H and O–H groups in total. The summed E-state index contributed by atoms with van der Waals surface area (Å²) >= 11 is 0. The van der Waals surface area contributed by atoms with Crippen molar-refractivity contribution in [3.8, 4) is 0 Å². The molecule has 0 aliphatic heterocycles. The van der Waals surface area contributed by atoms with Gasteiger partial charge in [-0.05, 0) is 26.7 Å². The SMILES string of the molecule is CCOC1CC(Nc2nc(NN)ncc2C)C1. The van der Waals surface area contributed by atoms with Gasteiger partial charge in [0, 0.05) is 24.4 Å². The van der Waals surface area contributed by atoms with Crippen molar-refractivity contribution >= 4 is 11.8 Å². The van der Waals surface area contributed by atoms with E-state index < -0.39 is 0 Å². The van der Waals surface area contributed by atoms with E-state index in [1.807, 2.05) is 13.8 Å². The van der Waals surface area contributed by atoms with Crippen LogP contribution < -0.4 is 16.6 Å². The number of ether oxygens (including phenoxy) is 1. The number of hydrazine groups is 1. The zero-order valence-electron chi connectivity index (χ0n) is 10.2. The third kappa shape index (κ3) is 2.83. The molecule has 0 spiro atoms. The molecule has 0 radical (unpaired) electrons. The van der Waals surface area contributed by atoms with Gasteiger partial charge in [0.15, 0.2) is 0 Å². The Bertz CT molecular complexity index is 378. The van der Waals surface area contributed by atoms with Crippen LogP contribution in [0.2, 0.25) is 0 Å². The number of nitrogens with zero attached hydrogens (tertiary/aromatic N) is 2. The number of rotatable bonds is 5. The van der Waals surface area contributed by atoms with Gasteiger partial charge in [0.05, 0.1) is 6.10 Å². The van der Waals surface area contributed by atoms with E-state index in [-0.39, 0.29) is 0 Å². The number of hydrogen-bond acceptors (Lipinski definition) is 6. The molecule has 1 heterocycles. The lowest BCUT2D eigenvalue weighted by atomic mass is 9.89. The van der Waals surface area contributed by atoms with Crippen LogP contribution in [0.25, 0.3) is 0 Å². The van der Waals surface area contributed by atoms with E-state index in [1.54, 1.807) is 6.20 Å². The first kappa shape index (κ1) is 12.1. The zero-order valence-corrected chi connectivity index (χ0v) is 10.2. The fourth-order valence-electron chi connectivity index (χ4n) is 1.91. The number of nitrogens with two attached hydrogens (primary N) is 1. The van der Waals surface area contributed by atoms with Crippen molar-refractivity contribution in [3.05, 3.63) is 11.8 Å². The summed E-state index contributed by atoms with van der Waals surface area (Å²) in [7, 11) is 0. The van der Waals surface area contributed by atoms with Gasteiger partial charge in [0.25, 0.3) is 0 Å². The van der Waals surface area contributed by atoms with Crippen molar-refractivity contribution in [2.45, 2.75) is 38.8 Å². The first-order valence-electron chi connectivity index (χ1n) is 5.91. The van der Waals surface area contributed by atoms with Crippen LogP contribution in [-0.2, 0) is 4.74 Å². The van der Waals surface area contributed by atoms with Gasteiger partial charge in [-0.15, -0.1) is 0 Å². The van der Waals surface area contributed by atoms with Crippen molar-refractivity contribution < 1.29 is 4.74 Å². The Morgan fingerprint density at radius 3 is 2.94 bits per heavy atom. The van der Waals surface area contributed by atoms with E-state index in [9.17, 15) is 0 Å². The number of aryl methyl sites for hydroxylation is 1. The normalized spacial score (nSPS) is 23.0. The molecule has 2 rings (SSSR count). The molecule has 0 unspecified atom stereocenters. The molecule has 17 heavy (non-hydrogen) atoms. The van der Waals surface area contributed by atoms with Crippen molar-refractivity contribution in [2.24, 2.45) is 5.84 Å². The lowest BCUT2D eigenvalue weighted by Gasteiger charge is -2.35. The van der Waals surface area contributed by atoms with Gasteiger partial charge in [-0.3, -0.25) is 5.43 Å². The Labute approximate surface area is 101 Å². The smallest absolute Gasteiger partial charge is 0.239 e. The fourth-order valence-corrected chi connectivity index (χ4v) is 1.91. The Hall–Kier alpha value is -1.40. The number of nitrogens with one attached hydrogen (secondary N) is 2. The number of hydrogen-bond donors (Lipinski definition) is 3. The highest BCUT2D eigenvalue weighted by atomic mass is 16.5. The Morgan fingerprint density at radius 1 is 1.53 bits per heavy atom. The summed E-state index contributed by atoms with van der Waals surface area (Å²) in [4.78, 5) is 8.33. The summed E-state index contributed by atoms with van der Waals surface area (Å²) in [5.41, 5.74) is 3.46. The second kappa shape index (κ2) is 5.29. The Kier molecular flexibility index (Phi) is 3.75. The summed E-state index contributed by atoms with van der Waals surface area (Å²) in [5.74, 6) is 6.55. The first-order valence-corrected chi connectivity index (χ1v) is 5.91. The molecule has 6 heteroatoms. The monoisotopic (exact) mass is 237 g/mol. The number of nitrogen functional groups attached to an aromatic ring is 1. The highest BCUT2D eigenvalue weighted by Gasteiger charge is 2.29. The predicted molar refractivity (Wildman–Crippen MR) is 66.6 cm³/mol. The summed E-state index contributed by atoms with van der Waals surface area (Å²) in [6.45, 7) is 4.78. The van der Waals surface area contributed by atoms with Gasteiger partial charge in [-0.1, -0.05) is 0 Å². The van der Waals surface area contributed by atoms with Gasteiger partial charge < -0.3 is 10.1 Å². The molecule has 0 amide bonds. The second-order valence-corrected chi connectivity index (χ2v) is 4.26. The van der Waals surface area contributed by atoms with Crippen LogP contribution in [0.3, 0.4) is 0 Å². The van der Waals surface area contributed by atoms with Crippen LogP contribution in [-0.4, -0.2) is 28.7 Å². The summed E-state index contributed by atoms with van der Waals surface area (Å²) in [6.07, 6.45) is 4.21. The van der Waals surface area contributed by atoms with Gasteiger partial charge >= 0.3 is 0 Å². The molecule has 1 aromatic heterocycles. The van der Waals surface area contributed by atoms with Crippen molar-refractivity contribution in [1.82, 2.24) is 9.97 Å². The third-order valence-corrected chi connectivity index (χ3v) is 2.94. The van der Waals surface area contributed by atoms with Crippen LogP contribution >= 0.6 is 0 Å². The molecule has 1 aliphatic carbocycles. The second-order valence-electron chi connectivity index (χ2n) is 4.26. The van der Waals surface area contributed by atoms with Crippen LogP contribution in [0.1, 0.15) is 25.3 Å². The summed E-state index contributed by atoms with van der Waals surface area (Å²) in [6, 6.07) is 0.436. The molecule has 94 valence electrons. The van der Waals surface area contributed by atoms with Crippen LogP contribution in [0.4, 0.5) is 11.8 Å². The van der Waals surface area contributed by atoms with E-state index in [1.165, 1.54) is 0 Å². The van der Waals surface area contributed by atoms with Crippen molar-refractivity contribution in [1.29, 1.82) is 0 Å². The van der Waals surface area contributed by atoms with Gasteiger partial charge in [0.2, 0.25) is 5.95 Å². The standard InChI is InChI=1S/C11H19N5O/c1-3-17-9-4-8(5-9)14-10-7(2)6-13-11(15-10)16-12/h6,8-9H,3-5,12H2,1-2H3,(H2,13,14,15,16). The molecule has 0 saturated heterocycles. The quantitative estimate of drug-likeness (QED) is 0.524. The van der Waals surface area contributed by atoms with Crippen molar-refractivity contribution in [3.63, 3.8) is 0 Å². The van der Waals surface area contributed by atoms with Crippen LogP contribution in [0, 0.1) is 6.92 Å². The summed E-state index contributed by atoms with van der Waals surface area (Å²) in [5, 5.41) is 3.38. The number of aromatic nitrogens is 2. The third-order valence-electron chi connectivity index (χ3n) is 2.94. The molecule has 0 aromatic carbocycles. The largest absolute Gasteiger partial charge is 0.378 e. The molecule has 6 nitrogen and oxygen atoms in total. The number of anilines is 2. The fraction of sp³-hybridized carbons (Fsp3) is 0.636. The topological polar surface area (TPSA) is 85.1 Å². The maximum atomic E-state index is 5.52. The van der Waals surface area contributed by atoms with E-state index in [0.29, 0.717) is 18.1 Å². The Morgan fingerprint density at radius 2 is 2.29 bits per heavy atom. The van der Waals surface area contributed by atoms with Gasteiger partial charge in [-0.25, -0.2) is 10.8 Å². The lowest BCUT2D eigenvalue weighted by Crippen LogP contribution is -2.41. The molecule has 1 aromatic rings. The predicted octanol–water partition coefficient (Wildman–Crippen LogP) is 1.05. The molecular weight excluding hydrogens is 218 g/mol. The minimum Gasteiger partial charge on any atom is -0.378 e. The maximum absolute atomic E-state index is 5.52. The molecule has 1 aliphatic rings. The maximum Gasteiger partial charge on any atom is 0.239 e. The summed E-state index contributed by atoms with van der Waals surface area (Å²) < 4.78 is 5.52. The van der Waals surface area contributed by atoms with Crippen molar-refractivity contribution in [2.75, 3.05) is 17.3 Å². The molecular formula is C11H19N5O. The van der Waals surface area contributed by atoms with E-state index in [4.69, 9.17) is 10.6 Å². The van der Waals surface area contributed by atoms with E-state index >= 15 is 0 Å². The van der Waals surface area contributed by atoms with E-state index in [0.717, 1.165) is 30.8 Å².